The molecular weight excluding hydrogens is 450 g/mol. The fraction of sp³-hybridized carbons (Fsp3) is 0.385. The van der Waals surface area contributed by atoms with Crippen LogP contribution in [0.1, 0.15) is 18.4 Å². The van der Waals surface area contributed by atoms with Crippen molar-refractivity contribution in [2.24, 2.45) is 0 Å². The van der Waals surface area contributed by atoms with E-state index in [9.17, 15) is 8.42 Å². The van der Waals surface area contributed by atoms with Crippen molar-refractivity contribution in [2.45, 2.75) is 30.4 Å². The molecule has 0 aliphatic carbocycles. The number of hydrogen-bond donors (Lipinski definition) is 0. The maximum absolute atomic E-state index is 13.4. The number of hydrogen-bond acceptors (Lipinski definition) is 6. The van der Waals surface area contributed by atoms with Gasteiger partial charge < -0.3 is 19.3 Å². The molecule has 0 N–H and O–H groups in total. The Kier molecular flexibility index (Phi) is 5.39. The fourth-order valence-corrected chi connectivity index (χ4v) is 7.05. The molecule has 3 aromatic rings. The van der Waals surface area contributed by atoms with Crippen LogP contribution in [0.15, 0.2) is 59.5 Å². The first kappa shape index (κ1) is 21.7. The topological polar surface area (TPSA) is 62.3 Å². The smallest absolute Gasteiger partial charge is 0.243 e. The summed E-state index contributed by atoms with van der Waals surface area (Å²) in [5, 5.41) is 2.33. The molecule has 6 rings (SSSR count). The standard InChI is InChI=1S/C26H29N3O4S/c1-32-25-11-8-19-5-2-3-6-21(19)22(25)18-29-24-17-20(34(30,31)27-13-15-33-16-14-27)9-10-23(24)28-12-4-7-26(28)29/h2-3,5-6,8-11,17,26H,4,7,12-16,18H2,1H3/t26-/m1/s1. The van der Waals surface area contributed by atoms with Crippen molar-refractivity contribution in [3.8, 4) is 5.75 Å². The Hall–Kier alpha value is -2.81. The first-order valence-corrected chi connectivity index (χ1v) is 13.3. The molecule has 3 aliphatic rings. The lowest BCUT2D eigenvalue weighted by Crippen LogP contribution is -2.40. The fourth-order valence-electron chi connectivity index (χ4n) is 5.62. The average Bonchev–Trinajstić information content (AvgIpc) is 3.46. The molecule has 34 heavy (non-hydrogen) atoms. The summed E-state index contributed by atoms with van der Waals surface area (Å²) in [6.45, 7) is 3.30. The summed E-state index contributed by atoms with van der Waals surface area (Å²) < 4.78 is 39.4. The van der Waals surface area contributed by atoms with E-state index in [1.807, 2.05) is 24.3 Å². The molecule has 0 unspecified atom stereocenters. The van der Waals surface area contributed by atoms with Crippen molar-refractivity contribution in [1.29, 1.82) is 0 Å². The summed E-state index contributed by atoms with van der Waals surface area (Å²) in [5.74, 6) is 0.855. The largest absolute Gasteiger partial charge is 0.496 e. The summed E-state index contributed by atoms with van der Waals surface area (Å²) >= 11 is 0. The predicted molar refractivity (Wildman–Crippen MR) is 133 cm³/mol. The van der Waals surface area contributed by atoms with Crippen molar-refractivity contribution < 1.29 is 17.9 Å². The lowest BCUT2D eigenvalue weighted by Gasteiger charge is -2.29. The summed E-state index contributed by atoms with van der Waals surface area (Å²) in [6.07, 6.45) is 2.40. The number of sulfonamides is 1. The molecule has 8 heteroatoms. The molecule has 3 heterocycles. The highest BCUT2D eigenvalue weighted by molar-refractivity contribution is 7.89. The van der Waals surface area contributed by atoms with Crippen LogP contribution in [-0.4, -0.2) is 58.8 Å². The van der Waals surface area contributed by atoms with Gasteiger partial charge in [-0.25, -0.2) is 8.42 Å². The molecule has 0 aromatic heterocycles. The molecule has 0 amide bonds. The van der Waals surface area contributed by atoms with Gasteiger partial charge in [0.25, 0.3) is 0 Å². The van der Waals surface area contributed by atoms with E-state index in [0.29, 0.717) is 37.7 Å². The first-order valence-electron chi connectivity index (χ1n) is 11.9. The number of nitrogens with zero attached hydrogens (tertiary/aromatic N) is 3. The lowest BCUT2D eigenvalue weighted by molar-refractivity contribution is 0.0730. The SMILES string of the molecule is COc1ccc2ccccc2c1CN1c2cc(S(=O)(=O)N3CCOCC3)ccc2N2CCC[C@H]21. The second kappa shape index (κ2) is 8.45. The van der Waals surface area contributed by atoms with E-state index in [1.165, 1.54) is 9.69 Å². The third-order valence-corrected chi connectivity index (χ3v) is 9.20. The molecule has 3 aromatic carbocycles. The van der Waals surface area contributed by atoms with Crippen LogP contribution < -0.4 is 14.5 Å². The van der Waals surface area contributed by atoms with Crippen LogP contribution in [0, 0.1) is 0 Å². The van der Waals surface area contributed by atoms with Gasteiger partial charge in [0.05, 0.1) is 36.6 Å². The maximum atomic E-state index is 13.4. The van der Waals surface area contributed by atoms with Crippen LogP contribution in [0.4, 0.5) is 11.4 Å². The highest BCUT2D eigenvalue weighted by atomic mass is 32.2. The second-order valence-corrected chi connectivity index (χ2v) is 11.0. The molecule has 2 fully saturated rings. The average molecular weight is 480 g/mol. The van der Waals surface area contributed by atoms with Gasteiger partial charge in [0.15, 0.2) is 0 Å². The van der Waals surface area contributed by atoms with Crippen LogP contribution >= 0.6 is 0 Å². The minimum atomic E-state index is -3.57. The van der Waals surface area contributed by atoms with E-state index in [4.69, 9.17) is 9.47 Å². The minimum absolute atomic E-state index is 0.222. The summed E-state index contributed by atoms with van der Waals surface area (Å²) in [6, 6.07) is 18.1. The Morgan fingerprint density at radius 2 is 1.82 bits per heavy atom. The van der Waals surface area contributed by atoms with Crippen molar-refractivity contribution in [3.05, 3.63) is 60.2 Å². The monoisotopic (exact) mass is 479 g/mol. The molecule has 2 saturated heterocycles. The Morgan fingerprint density at radius 3 is 2.65 bits per heavy atom. The number of fused-ring (bicyclic) bond motifs is 4. The molecule has 7 nitrogen and oxygen atoms in total. The number of rotatable bonds is 5. The molecule has 1 atom stereocenters. The van der Waals surface area contributed by atoms with Crippen LogP contribution in [0.5, 0.6) is 5.75 Å². The third-order valence-electron chi connectivity index (χ3n) is 7.30. The van der Waals surface area contributed by atoms with E-state index in [2.05, 4.69) is 34.1 Å². The molecule has 0 saturated carbocycles. The van der Waals surface area contributed by atoms with Crippen LogP contribution in [0.25, 0.3) is 10.8 Å². The van der Waals surface area contributed by atoms with Crippen molar-refractivity contribution >= 4 is 32.2 Å². The molecule has 0 bridgehead atoms. The lowest BCUT2D eigenvalue weighted by atomic mass is 10.0. The van der Waals surface area contributed by atoms with Gasteiger partial charge in [-0.1, -0.05) is 30.3 Å². The number of methoxy groups -OCH3 is 1. The van der Waals surface area contributed by atoms with Crippen LogP contribution in [-0.2, 0) is 21.3 Å². The molecule has 3 aliphatic heterocycles. The zero-order valence-electron chi connectivity index (χ0n) is 19.3. The first-order chi connectivity index (χ1) is 16.6. The maximum Gasteiger partial charge on any atom is 0.243 e. The number of ether oxygens (including phenoxy) is 2. The van der Waals surface area contributed by atoms with E-state index >= 15 is 0 Å². The molecule has 0 radical (unpaired) electrons. The van der Waals surface area contributed by atoms with Gasteiger partial charge in [-0.2, -0.15) is 4.31 Å². The number of anilines is 2. The zero-order valence-corrected chi connectivity index (χ0v) is 20.1. The quantitative estimate of drug-likeness (QED) is 0.555. The van der Waals surface area contributed by atoms with Crippen LogP contribution in [0.3, 0.4) is 0 Å². The molecular formula is C26H29N3O4S. The summed E-state index contributed by atoms with van der Waals surface area (Å²) in [7, 11) is -1.86. The minimum Gasteiger partial charge on any atom is -0.496 e. The van der Waals surface area contributed by atoms with E-state index in [0.717, 1.165) is 47.5 Å². The molecule has 178 valence electrons. The Balaban J connectivity index is 1.43. The summed E-state index contributed by atoms with van der Waals surface area (Å²) in [4.78, 5) is 5.13. The van der Waals surface area contributed by atoms with Crippen molar-refractivity contribution in [1.82, 2.24) is 4.31 Å². The third kappa shape index (κ3) is 3.43. The van der Waals surface area contributed by atoms with Gasteiger partial charge in [0.2, 0.25) is 10.0 Å². The number of morpholine rings is 1. The Bertz CT molecular complexity index is 1340. The Morgan fingerprint density at radius 1 is 1.00 bits per heavy atom. The normalized spacial score (nSPS) is 20.6. The highest BCUT2D eigenvalue weighted by Crippen LogP contribution is 2.46. The van der Waals surface area contributed by atoms with E-state index < -0.39 is 10.0 Å². The van der Waals surface area contributed by atoms with Gasteiger partial charge in [-0.05, 0) is 47.9 Å². The van der Waals surface area contributed by atoms with Gasteiger partial charge in [-0.15, -0.1) is 0 Å². The van der Waals surface area contributed by atoms with Crippen molar-refractivity contribution in [2.75, 3.05) is 49.8 Å². The summed E-state index contributed by atoms with van der Waals surface area (Å²) in [5.41, 5.74) is 3.22. The Labute approximate surface area is 200 Å². The van der Waals surface area contributed by atoms with Gasteiger partial charge in [0, 0.05) is 31.7 Å². The van der Waals surface area contributed by atoms with Crippen LogP contribution in [0.2, 0.25) is 0 Å². The number of benzene rings is 3. The van der Waals surface area contributed by atoms with Crippen molar-refractivity contribution in [3.63, 3.8) is 0 Å². The predicted octanol–water partition coefficient (Wildman–Crippen LogP) is 3.82. The second-order valence-electron chi connectivity index (χ2n) is 9.08. The zero-order chi connectivity index (χ0) is 23.3. The van der Waals surface area contributed by atoms with Gasteiger partial charge in [0.1, 0.15) is 11.9 Å². The van der Waals surface area contributed by atoms with E-state index in [1.54, 1.807) is 13.2 Å². The highest BCUT2D eigenvalue weighted by Gasteiger charge is 2.40. The van der Waals surface area contributed by atoms with Gasteiger partial charge >= 0.3 is 0 Å². The van der Waals surface area contributed by atoms with Gasteiger partial charge in [-0.3, -0.25) is 0 Å². The van der Waals surface area contributed by atoms with E-state index in [-0.39, 0.29) is 6.17 Å². The molecule has 0 spiro atoms.